The minimum Gasteiger partial charge on any atom is -0.462 e. The minimum atomic E-state index is -0.592. The van der Waals surface area contributed by atoms with Crippen molar-refractivity contribution in [2.45, 2.75) is 84.2 Å². The molecule has 1 atom stereocenters. The van der Waals surface area contributed by atoms with Crippen LogP contribution in [-0.2, 0) is 14.3 Å². The summed E-state index contributed by atoms with van der Waals surface area (Å²) in [7, 11) is 0. The Labute approximate surface area is 129 Å². The number of ketones is 1. The lowest BCUT2D eigenvalue weighted by Gasteiger charge is -2.17. The van der Waals surface area contributed by atoms with Crippen LogP contribution >= 0.6 is 0 Å². The number of carbonyl (C=O) groups excluding carboxylic acids is 2. The molecular formula is C18H30O3. The van der Waals surface area contributed by atoms with Gasteiger partial charge < -0.3 is 4.74 Å². The lowest BCUT2D eigenvalue weighted by atomic mass is 9.95. The van der Waals surface area contributed by atoms with Gasteiger partial charge in [-0.1, -0.05) is 38.8 Å². The van der Waals surface area contributed by atoms with Crippen molar-refractivity contribution in [3.8, 4) is 0 Å². The Morgan fingerprint density at radius 3 is 2.48 bits per heavy atom. The maximum atomic E-state index is 12.3. The normalized spacial score (nSPS) is 17.2. The van der Waals surface area contributed by atoms with E-state index in [4.69, 9.17) is 4.74 Å². The van der Waals surface area contributed by atoms with Crippen molar-refractivity contribution >= 4 is 11.8 Å². The Morgan fingerprint density at radius 1 is 1.14 bits per heavy atom. The molecule has 120 valence electrons. The molecule has 3 heteroatoms. The van der Waals surface area contributed by atoms with Gasteiger partial charge in [0.2, 0.25) is 0 Å². The van der Waals surface area contributed by atoms with Gasteiger partial charge >= 0.3 is 5.97 Å². The van der Waals surface area contributed by atoms with Crippen LogP contribution in [0, 0.1) is 5.92 Å². The van der Waals surface area contributed by atoms with Gasteiger partial charge in [-0.3, -0.25) is 9.59 Å². The zero-order valence-electron chi connectivity index (χ0n) is 13.6. The Balaban J connectivity index is 2.54. The fourth-order valence-corrected chi connectivity index (χ4v) is 2.73. The van der Waals surface area contributed by atoms with Crippen molar-refractivity contribution in [1.29, 1.82) is 0 Å². The molecule has 3 nitrogen and oxygen atoms in total. The van der Waals surface area contributed by atoms with Crippen molar-refractivity contribution in [3.63, 3.8) is 0 Å². The molecule has 21 heavy (non-hydrogen) atoms. The van der Waals surface area contributed by atoms with Gasteiger partial charge in [0.05, 0.1) is 0 Å². The predicted molar refractivity (Wildman–Crippen MR) is 85.0 cm³/mol. The summed E-state index contributed by atoms with van der Waals surface area (Å²) in [5.74, 6) is -0.846. The molecule has 0 bridgehead atoms. The molecule has 0 heterocycles. The van der Waals surface area contributed by atoms with E-state index in [-0.39, 0.29) is 17.9 Å². The summed E-state index contributed by atoms with van der Waals surface area (Å²) in [6.07, 6.45) is 13.1. The molecule has 1 unspecified atom stereocenters. The summed E-state index contributed by atoms with van der Waals surface area (Å²) in [6, 6.07) is 0. The number of carbonyl (C=O) groups is 2. The third-order valence-corrected chi connectivity index (χ3v) is 4.06. The fraction of sp³-hybridized carbons (Fsp3) is 0.778. The topological polar surface area (TPSA) is 43.4 Å². The number of ether oxygens (including phenoxy) is 1. The van der Waals surface area contributed by atoms with Crippen LogP contribution in [0.25, 0.3) is 0 Å². The second kappa shape index (κ2) is 10.6. The maximum absolute atomic E-state index is 12.3. The average molecular weight is 294 g/mol. The third kappa shape index (κ3) is 6.92. The van der Waals surface area contributed by atoms with Crippen molar-refractivity contribution in [2.24, 2.45) is 5.92 Å². The molecule has 0 aromatic rings. The number of allylic oxidation sites excluding steroid dienone is 2. The fourth-order valence-electron chi connectivity index (χ4n) is 2.73. The van der Waals surface area contributed by atoms with Crippen molar-refractivity contribution < 1.29 is 14.3 Å². The van der Waals surface area contributed by atoms with E-state index in [2.05, 4.69) is 6.92 Å². The van der Waals surface area contributed by atoms with Crippen LogP contribution in [0.4, 0.5) is 0 Å². The number of rotatable bonds is 10. The maximum Gasteiger partial charge on any atom is 0.317 e. The molecule has 1 rings (SSSR count). The summed E-state index contributed by atoms with van der Waals surface area (Å²) in [6.45, 7) is 4.16. The second-order valence-corrected chi connectivity index (χ2v) is 5.93. The smallest absolute Gasteiger partial charge is 0.317 e. The number of unbranched alkanes of at least 4 members (excludes halogenated alkanes) is 2. The van der Waals surface area contributed by atoms with Gasteiger partial charge in [0.15, 0.2) is 0 Å². The molecule has 0 saturated heterocycles. The Kier molecular flexibility index (Phi) is 9.04. The molecular weight excluding hydrogens is 264 g/mol. The van der Waals surface area contributed by atoms with E-state index in [1.165, 1.54) is 0 Å². The van der Waals surface area contributed by atoms with E-state index < -0.39 is 5.92 Å². The molecule has 0 aromatic heterocycles. The second-order valence-electron chi connectivity index (χ2n) is 5.93. The first-order valence-electron chi connectivity index (χ1n) is 8.57. The molecule has 0 aliphatic heterocycles. The number of hydrogen-bond donors (Lipinski definition) is 0. The highest BCUT2D eigenvalue weighted by molar-refractivity contribution is 5.99. The van der Waals surface area contributed by atoms with Crippen molar-refractivity contribution in [1.82, 2.24) is 0 Å². The lowest BCUT2D eigenvalue weighted by molar-refractivity contribution is -0.156. The first-order chi connectivity index (χ1) is 10.2. The van der Waals surface area contributed by atoms with Crippen LogP contribution < -0.4 is 0 Å². The summed E-state index contributed by atoms with van der Waals surface area (Å²) in [4.78, 5) is 24.6. The summed E-state index contributed by atoms with van der Waals surface area (Å²) in [5, 5.41) is 0. The Bertz CT molecular complexity index is 340. The molecule has 0 aromatic carbocycles. The quantitative estimate of drug-likeness (QED) is 0.256. The standard InChI is InChI=1S/C18H30O3/c1-3-5-7-13-16(17(19)14-8-6-4-2)18(20)21-15-11-9-10-12-15/h5,7,15-16H,3-4,6,8-14H2,1-2H3. The third-order valence-electron chi connectivity index (χ3n) is 4.06. The van der Waals surface area contributed by atoms with Crippen LogP contribution in [0.2, 0.25) is 0 Å². The highest BCUT2D eigenvalue weighted by Gasteiger charge is 2.29. The zero-order valence-corrected chi connectivity index (χ0v) is 13.6. The van der Waals surface area contributed by atoms with Gasteiger partial charge in [-0.15, -0.1) is 0 Å². The van der Waals surface area contributed by atoms with Gasteiger partial charge in [-0.2, -0.15) is 0 Å². The van der Waals surface area contributed by atoms with Crippen LogP contribution in [0.1, 0.15) is 78.1 Å². The average Bonchev–Trinajstić information content (AvgIpc) is 2.96. The number of hydrogen-bond acceptors (Lipinski definition) is 3. The van der Waals surface area contributed by atoms with Gasteiger partial charge in [0, 0.05) is 6.42 Å². The lowest BCUT2D eigenvalue weighted by Crippen LogP contribution is -2.28. The predicted octanol–water partition coefficient (Wildman–Crippen LogP) is 4.59. The summed E-state index contributed by atoms with van der Waals surface area (Å²) >= 11 is 0. The molecule has 0 spiro atoms. The molecule has 0 amide bonds. The molecule has 0 N–H and O–H groups in total. The molecule has 1 aliphatic carbocycles. The van der Waals surface area contributed by atoms with E-state index >= 15 is 0 Å². The Hall–Kier alpha value is -1.12. The molecule has 1 aliphatic rings. The van der Waals surface area contributed by atoms with Crippen molar-refractivity contribution in [2.75, 3.05) is 0 Å². The largest absolute Gasteiger partial charge is 0.462 e. The van der Waals surface area contributed by atoms with E-state index in [1.54, 1.807) is 0 Å². The van der Waals surface area contributed by atoms with Crippen LogP contribution in [0.3, 0.4) is 0 Å². The first kappa shape index (κ1) is 17.9. The number of Topliss-reactive ketones (excluding diaryl/α,β-unsaturated/α-hetero) is 1. The molecule has 0 radical (unpaired) electrons. The number of esters is 1. The molecule has 1 fully saturated rings. The van der Waals surface area contributed by atoms with Gasteiger partial charge in [-0.25, -0.2) is 0 Å². The minimum absolute atomic E-state index is 0.0404. The van der Waals surface area contributed by atoms with Crippen molar-refractivity contribution in [3.05, 3.63) is 12.2 Å². The van der Waals surface area contributed by atoms with Gasteiger partial charge in [0.25, 0.3) is 0 Å². The Morgan fingerprint density at radius 2 is 1.86 bits per heavy atom. The van der Waals surface area contributed by atoms with E-state index in [1.807, 2.05) is 19.1 Å². The summed E-state index contributed by atoms with van der Waals surface area (Å²) in [5.41, 5.74) is 0. The monoisotopic (exact) mass is 294 g/mol. The highest BCUT2D eigenvalue weighted by atomic mass is 16.5. The summed E-state index contributed by atoms with van der Waals surface area (Å²) < 4.78 is 5.54. The van der Waals surface area contributed by atoms with Gasteiger partial charge in [-0.05, 0) is 44.9 Å². The highest BCUT2D eigenvalue weighted by Crippen LogP contribution is 2.23. The zero-order chi connectivity index (χ0) is 15.5. The van der Waals surface area contributed by atoms with Crippen LogP contribution in [0.5, 0.6) is 0 Å². The van der Waals surface area contributed by atoms with E-state index in [0.29, 0.717) is 12.8 Å². The first-order valence-corrected chi connectivity index (χ1v) is 8.57. The van der Waals surface area contributed by atoms with Crippen LogP contribution in [-0.4, -0.2) is 17.9 Å². The molecule has 1 saturated carbocycles. The SMILES string of the molecule is CCC=CCC(C(=O)CCCCC)C(=O)OC1CCCC1. The van der Waals surface area contributed by atoms with Gasteiger partial charge in [0.1, 0.15) is 17.8 Å². The van der Waals surface area contributed by atoms with E-state index in [9.17, 15) is 9.59 Å². The van der Waals surface area contributed by atoms with Crippen LogP contribution in [0.15, 0.2) is 12.2 Å². The van der Waals surface area contributed by atoms with E-state index in [0.717, 1.165) is 51.4 Å².